The first-order valence-electron chi connectivity index (χ1n) is 10.8. The summed E-state index contributed by atoms with van der Waals surface area (Å²) in [6.45, 7) is 2.13. The molecule has 0 aliphatic carbocycles. The number of thioether (sulfide) groups is 1. The third kappa shape index (κ3) is 6.09. The predicted molar refractivity (Wildman–Crippen MR) is 143 cm³/mol. The number of esters is 1. The quantitative estimate of drug-likeness (QED) is 0.319. The highest BCUT2D eigenvalue weighted by molar-refractivity contribution is 8.18. The van der Waals surface area contributed by atoms with E-state index in [2.05, 4.69) is 4.99 Å². The van der Waals surface area contributed by atoms with Crippen LogP contribution in [-0.2, 0) is 16.1 Å². The number of carbonyl (C=O) groups excluding carboxylic acids is 1. The maximum Gasteiger partial charge on any atom is 0.344 e. The third-order valence-corrected chi connectivity index (χ3v) is 6.57. The molecule has 0 aromatic heterocycles. The number of nitrogens with zero attached hydrogens (tertiary/aromatic N) is 1. The molecule has 35 heavy (non-hydrogen) atoms. The van der Waals surface area contributed by atoms with Crippen LogP contribution >= 0.6 is 35.0 Å². The van der Waals surface area contributed by atoms with Crippen LogP contribution in [0.4, 0.5) is 5.69 Å². The fraction of sp³-hybridized carbons (Fsp3) is 0.111. The van der Waals surface area contributed by atoms with Gasteiger partial charge in [-0.15, -0.1) is 0 Å². The van der Waals surface area contributed by atoms with Crippen LogP contribution in [0.1, 0.15) is 18.1 Å². The van der Waals surface area contributed by atoms with E-state index in [0.717, 1.165) is 11.1 Å². The van der Waals surface area contributed by atoms with Crippen LogP contribution in [0.2, 0.25) is 10.0 Å². The van der Waals surface area contributed by atoms with Gasteiger partial charge in [0, 0.05) is 21.2 Å². The fourth-order valence-electron chi connectivity index (χ4n) is 3.28. The molecule has 4 rings (SSSR count). The lowest BCUT2D eigenvalue weighted by atomic mass is 10.1. The van der Waals surface area contributed by atoms with Crippen molar-refractivity contribution in [1.29, 1.82) is 0 Å². The Balaban J connectivity index is 1.66. The zero-order chi connectivity index (χ0) is 24.8. The summed E-state index contributed by atoms with van der Waals surface area (Å²) >= 11 is 13.4. The predicted octanol–water partition coefficient (Wildman–Crippen LogP) is 7.77. The first-order valence-corrected chi connectivity index (χ1v) is 12.3. The largest absolute Gasteiger partial charge is 0.506 e. The molecule has 0 saturated carbocycles. The molecule has 1 aliphatic rings. The second-order valence-electron chi connectivity index (χ2n) is 7.37. The van der Waals surface area contributed by atoms with Gasteiger partial charge in [-0.2, -0.15) is 0 Å². The smallest absolute Gasteiger partial charge is 0.344 e. The van der Waals surface area contributed by atoms with E-state index in [1.54, 1.807) is 25.1 Å². The Morgan fingerprint density at radius 3 is 2.54 bits per heavy atom. The summed E-state index contributed by atoms with van der Waals surface area (Å²) in [7, 11) is 0. The number of aliphatic hydroxyl groups is 1. The van der Waals surface area contributed by atoms with E-state index in [1.807, 2.05) is 60.7 Å². The van der Waals surface area contributed by atoms with Crippen molar-refractivity contribution in [2.24, 2.45) is 4.99 Å². The van der Waals surface area contributed by atoms with E-state index >= 15 is 0 Å². The Hall–Kier alpha value is -3.19. The van der Waals surface area contributed by atoms with Gasteiger partial charge in [0.25, 0.3) is 0 Å². The summed E-state index contributed by atoms with van der Waals surface area (Å²) in [5.41, 5.74) is 2.21. The molecule has 0 bridgehead atoms. The molecule has 3 aromatic rings. The number of halogens is 2. The lowest BCUT2D eigenvalue weighted by Gasteiger charge is -2.11. The van der Waals surface area contributed by atoms with Gasteiger partial charge in [0.1, 0.15) is 28.7 Å². The van der Waals surface area contributed by atoms with E-state index < -0.39 is 5.97 Å². The lowest BCUT2D eigenvalue weighted by Crippen LogP contribution is -2.12. The third-order valence-electron chi connectivity index (χ3n) is 4.96. The van der Waals surface area contributed by atoms with E-state index in [9.17, 15) is 9.90 Å². The number of aliphatic hydroxyl groups excluding tert-OH is 1. The van der Waals surface area contributed by atoms with Gasteiger partial charge in [0.15, 0.2) is 0 Å². The minimum Gasteiger partial charge on any atom is -0.506 e. The number of para-hydroxylation sites is 2. The molecule has 1 N–H and O–H groups in total. The van der Waals surface area contributed by atoms with Gasteiger partial charge >= 0.3 is 5.97 Å². The molecule has 0 unspecified atom stereocenters. The minimum atomic E-state index is -0.627. The highest BCUT2D eigenvalue weighted by Gasteiger charge is 2.33. The summed E-state index contributed by atoms with van der Waals surface area (Å²) in [6, 6.07) is 21.8. The maximum atomic E-state index is 12.6. The molecule has 0 atom stereocenters. The molecular weight excluding hydrogens is 505 g/mol. The van der Waals surface area contributed by atoms with Crippen molar-refractivity contribution in [2.45, 2.75) is 13.5 Å². The number of hydrogen-bond acceptors (Lipinski definition) is 6. The second-order valence-corrected chi connectivity index (χ2v) is 9.24. The standard InChI is InChI=1S/C27H21Cl2NO4S/c1-2-33-27(32)24-25(31)23(35-26(24)30-20-9-4-3-5-10-20)14-17-8-6-7-11-22(17)34-16-18-12-13-19(28)15-21(18)29/h3-15,31H,2,16H2,1H3/b23-14-,30-26?. The van der Waals surface area contributed by atoms with Crippen molar-refractivity contribution in [1.82, 2.24) is 0 Å². The highest BCUT2D eigenvalue weighted by Crippen LogP contribution is 2.41. The van der Waals surface area contributed by atoms with Crippen molar-refractivity contribution in [2.75, 3.05) is 6.61 Å². The Morgan fingerprint density at radius 2 is 1.80 bits per heavy atom. The van der Waals surface area contributed by atoms with Gasteiger partial charge in [-0.3, -0.25) is 0 Å². The summed E-state index contributed by atoms with van der Waals surface area (Å²) < 4.78 is 11.2. The number of ether oxygens (including phenoxy) is 2. The molecule has 0 amide bonds. The Bertz CT molecular complexity index is 1340. The van der Waals surface area contributed by atoms with E-state index in [1.165, 1.54) is 11.8 Å². The lowest BCUT2D eigenvalue weighted by molar-refractivity contribution is -0.138. The summed E-state index contributed by atoms with van der Waals surface area (Å²) in [5.74, 6) is -0.221. The number of hydrogen-bond donors (Lipinski definition) is 1. The Labute approximate surface area is 217 Å². The van der Waals surface area contributed by atoms with Crippen molar-refractivity contribution < 1.29 is 19.4 Å². The molecule has 3 aromatic carbocycles. The minimum absolute atomic E-state index is 0.0401. The van der Waals surface area contributed by atoms with Crippen molar-refractivity contribution in [3.05, 3.63) is 110 Å². The van der Waals surface area contributed by atoms with Crippen molar-refractivity contribution in [3.8, 4) is 5.75 Å². The second kappa shape index (κ2) is 11.5. The molecular formula is C27H21Cl2NO4S. The molecule has 8 heteroatoms. The van der Waals surface area contributed by atoms with Crippen LogP contribution in [-0.4, -0.2) is 22.7 Å². The summed E-state index contributed by atoms with van der Waals surface area (Å²) in [4.78, 5) is 17.7. The van der Waals surface area contributed by atoms with E-state index in [4.69, 9.17) is 32.7 Å². The number of benzene rings is 3. The molecule has 0 spiro atoms. The average Bonchev–Trinajstić information content (AvgIpc) is 3.14. The topological polar surface area (TPSA) is 68.1 Å². The number of rotatable bonds is 7. The van der Waals surface area contributed by atoms with Gasteiger partial charge in [0.2, 0.25) is 0 Å². The first-order chi connectivity index (χ1) is 17.0. The van der Waals surface area contributed by atoms with Crippen LogP contribution in [0.5, 0.6) is 5.75 Å². The van der Waals surface area contributed by atoms with E-state index in [-0.39, 0.29) is 24.5 Å². The molecule has 0 fully saturated rings. The normalized spacial score (nSPS) is 15.6. The van der Waals surface area contributed by atoms with Gasteiger partial charge < -0.3 is 14.6 Å². The highest BCUT2D eigenvalue weighted by atomic mass is 35.5. The molecule has 0 radical (unpaired) electrons. The van der Waals surface area contributed by atoms with Gasteiger partial charge in [-0.25, -0.2) is 9.79 Å². The molecule has 1 heterocycles. The maximum absolute atomic E-state index is 12.6. The van der Waals surface area contributed by atoms with Gasteiger partial charge in [-0.1, -0.05) is 77.4 Å². The van der Waals surface area contributed by atoms with Crippen LogP contribution < -0.4 is 4.74 Å². The number of carbonyl (C=O) groups is 1. The van der Waals surface area contributed by atoms with Crippen LogP contribution in [0.15, 0.2) is 94.0 Å². The molecule has 178 valence electrons. The van der Waals surface area contributed by atoms with E-state index in [0.29, 0.717) is 31.4 Å². The Kier molecular flexibility index (Phi) is 8.18. The first kappa shape index (κ1) is 24.9. The van der Waals surface area contributed by atoms with Gasteiger partial charge in [0.05, 0.1) is 17.2 Å². The molecule has 1 aliphatic heterocycles. The van der Waals surface area contributed by atoms with Crippen LogP contribution in [0.25, 0.3) is 6.08 Å². The average molecular weight is 526 g/mol. The summed E-state index contributed by atoms with van der Waals surface area (Å²) in [6.07, 6.45) is 1.76. The van der Waals surface area contributed by atoms with Gasteiger partial charge in [-0.05, 0) is 43.3 Å². The van der Waals surface area contributed by atoms with Crippen molar-refractivity contribution >= 4 is 57.7 Å². The van der Waals surface area contributed by atoms with Crippen molar-refractivity contribution in [3.63, 3.8) is 0 Å². The monoisotopic (exact) mass is 525 g/mol. The van der Waals surface area contributed by atoms with Crippen LogP contribution in [0.3, 0.4) is 0 Å². The zero-order valence-electron chi connectivity index (χ0n) is 18.7. The fourth-order valence-corrected chi connectivity index (χ4v) is 4.77. The molecule has 0 saturated heterocycles. The summed E-state index contributed by atoms with van der Waals surface area (Å²) in [5, 5.41) is 12.4. The SMILES string of the molecule is CCOC(=O)C1=C(O)/C(=C/c2ccccc2OCc2ccc(Cl)cc2Cl)SC1=Nc1ccccc1. The number of aliphatic imine (C=N–C) groups is 1. The zero-order valence-corrected chi connectivity index (χ0v) is 21.0. The Morgan fingerprint density at radius 1 is 1.06 bits per heavy atom. The van der Waals surface area contributed by atoms with Crippen LogP contribution in [0, 0.1) is 0 Å². The molecule has 5 nitrogen and oxygen atoms in total.